The van der Waals surface area contributed by atoms with Gasteiger partial charge in [0.1, 0.15) is 10.8 Å². The molecule has 0 N–H and O–H groups in total. The number of benzene rings is 1. The van der Waals surface area contributed by atoms with Gasteiger partial charge in [-0.15, -0.1) is 23.4 Å². The molecule has 0 spiro atoms. The Labute approximate surface area is 168 Å². The topological polar surface area (TPSA) is 44.1 Å². The van der Waals surface area contributed by atoms with Crippen LogP contribution in [0.4, 0.5) is 0 Å². The number of hydrogen-bond acceptors (Lipinski definition) is 4. The van der Waals surface area contributed by atoms with Crippen LogP contribution in [0.15, 0.2) is 28.0 Å². The lowest BCUT2D eigenvalue weighted by atomic mass is 10.1. The molecule has 26 heavy (non-hydrogen) atoms. The van der Waals surface area contributed by atoms with Gasteiger partial charge in [0.2, 0.25) is 0 Å². The first kappa shape index (κ1) is 21.1. The SMILES string of the molecule is Cc1cc(CCl)cc(C)c1OCCSc1cnn(C(C)(C)C)c(=O)c1Cl. The number of halogens is 2. The molecule has 2 rings (SSSR count). The van der Waals surface area contributed by atoms with E-state index in [0.29, 0.717) is 23.1 Å². The van der Waals surface area contributed by atoms with E-state index >= 15 is 0 Å². The molecule has 1 heterocycles. The van der Waals surface area contributed by atoms with Gasteiger partial charge in [-0.3, -0.25) is 4.79 Å². The first-order chi connectivity index (χ1) is 12.1. The fraction of sp³-hybridized carbons (Fsp3) is 0.474. The first-order valence-corrected chi connectivity index (χ1v) is 10.2. The molecule has 0 bridgehead atoms. The minimum absolute atomic E-state index is 0.207. The van der Waals surface area contributed by atoms with Crippen molar-refractivity contribution in [2.75, 3.05) is 12.4 Å². The Morgan fingerprint density at radius 2 is 1.85 bits per heavy atom. The number of nitrogens with zero attached hydrogens (tertiary/aromatic N) is 2. The normalized spacial score (nSPS) is 11.7. The summed E-state index contributed by atoms with van der Waals surface area (Å²) in [6, 6.07) is 4.07. The van der Waals surface area contributed by atoms with Gasteiger partial charge in [-0.25, -0.2) is 4.68 Å². The summed E-state index contributed by atoms with van der Waals surface area (Å²) >= 11 is 13.6. The summed E-state index contributed by atoms with van der Waals surface area (Å²) in [5, 5.41) is 4.45. The molecule has 0 unspecified atom stereocenters. The fourth-order valence-corrected chi connectivity index (χ4v) is 3.81. The summed E-state index contributed by atoms with van der Waals surface area (Å²) in [4.78, 5) is 13.0. The highest BCUT2D eigenvalue weighted by Gasteiger charge is 2.19. The average molecular weight is 415 g/mol. The van der Waals surface area contributed by atoms with Crippen LogP contribution in [0.1, 0.15) is 37.5 Å². The van der Waals surface area contributed by atoms with Gasteiger partial charge < -0.3 is 4.74 Å². The first-order valence-electron chi connectivity index (χ1n) is 8.35. The summed E-state index contributed by atoms with van der Waals surface area (Å²) in [5.74, 6) is 2.03. The lowest BCUT2D eigenvalue weighted by Gasteiger charge is -2.21. The van der Waals surface area contributed by atoms with Crippen LogP contribution in [-0.4, -0.2) is 22.1 Å². The van der Waals surface area contributed by atoms with E-state index in [4.69, 9.17) is 27.9 Å². The Morgan fingerprint density at radius 3 is 2.38 bits per heavy atom. The van der Waals surface area contributed by atoms with E-state index in [9.17, 15) is 4.79 Å². The predicted molar refractivity (Wildman–Crippen MR) is 110 cm³/mol. The zero-order valence-electron chi connectivity index (χ0n) is 15.7. The van der Waals surface area contributed by atoms with E-state index in [1.165, 1.54) is 16.4 Å². The lowest BCUT2D eigenvalue weighted by molar-refractivity contribution is 0.335. The Bertz CT molecular complexity index is 821. The van der Waals surface area contributed by atoms with E-state index in [0.717, 1.165) is 22.4 Å². The minimum atomic E-state index is -0.405. The number of rotatable bonds is 6. The van der Waals surface area contributed by atoms with Crippen LogP contribution in [0.5, 0.6) is 5.75 Å². The highest BCUT2D eigenvalue weighted by atomic mass is 35.5. The summed E-state index contributed by atoms with van der Waals surface area (Å²) in [7, 11) is 0. The Kier molecular flexibility index (Phi) is 7.05. The second-order valence-electron chi connectivity index (χ2n) is 7.10. The lowest BCUT2D eigenvalue weighted by Crippen LogP contribution is -2.36. The largest absolute Gasteiger partial charge is 0.492 e. The van der Waals surface area contributed by atoms with Crippen LogP contribution in [0.25, 0.3) is 0 Å². The molecule has 0 amide bonds. The zero-order chi connectivity index (χ0) is 19.5. The van der Waals surface area contributed by atoms with Crippen molar-refractivity contribution < 1.29 is 4.74 Å². The molecular weight excluding hydrogens is 391 g/mol. The summed E-state index contributed by atoms with van der Waals surface area (Å²) < 4.78 is 7.33. The highest BCUT2D eigenvalue weighted by Crippen LogP contribution is 2.27. The van der Waals surface area contributed by atoms with E-state index < -0.39 is 5.54 Å². The van der Waals surface area contributed by atoms with E-state index in [-0.39, 0.29) is 10.6 Å². The van der Waals surface area contributed by atoms with Crippen LogP contribution in [0.2, 0.25) is 5.02 Å². The van der Waals surface area contributed by atoms with Gasteiger partial charge in [0.15, 0.2) is 0 Å². The average Bonchev–Trinajstić information content (AvgIpc) is 2.55. The summed E-state index contributed by atoms with van der Waals surface area (Å²) in [6.45, 7) is 10.3. The van der Waals surface area contributed by atoms with Crippen LogP contribution < -0.4 is 10.3 Å². The molecule has 0 aliphatic heterocycles. The molecule has 2 aromatic rings. The second kappa shape index (κ2) is 8.68. The van der Waals surface area contributed by atoms with Crippen LogP contribution in [0, 0.1) is 13.8 Å². The number of hydrogen-bond donors (Lipinski definition) is 0. The maximum Gasteiger partial charge on any atom is 0.287 e. The Morgan fingerprint density at radius 1 is 1.23 bits per heavy atom. The zero-order valence-corrected chi connectivity index (χ0v) is 18.1. The molecule has 4 nitrogen and oxygen atoms in total. The van der Waals surface area contributed by atoms with Gasteiger partial charge in [-0.05, 0) is 51.3 Å². The van der Waals surface area contributed by atoms with Gasteiger partial charge in [-0.1, -0.05) is 23.7 Å². The van der Waals surface area contributed by atoms with Crippen LogP contribution >= 0.6 is 35.0 Å². The molecule has 0 radical (unpaired) electrons. The molecule has 142 valence electrons. The third kappa shape index (κ3) is 4.96. The molecule has 7 heteroatoms. The van der Waals surface area contributed by atoms with Gasteiger partial charge in [-0.2, -0.15) is 5.10 Å². The standard InChI is InChI=1S/C19H24Cl2N2O2S/c1-12-8-14(10-20)9-13(2)17(12)25-6-7-26-15-11-22-23(19(3,4)5)18(24)16(15)21/h8-9,11H,6-7,10H2,1-5H3. The monoisotopic (exact) mass is 414 g/mol. The van der Waals surface area contributed by atoms with E-state index in [1.807, 2.05) is 46.8 Å². The number of thioether (sulfide) groups is 1. The smallest absolute Gasteiger partial charge is 0.287 e. The molecule has 0 aliphatic carbocycles. The number of ether oxygens (including phenoxy) is 1. The van der Waals surface area contributed by atoms with Crippen molar-refractivity contribution in [2.45, 2.75) is 50.9 Å². The minimum Gasteiger partial charge on any atom is -0.492 e. The molecule has 0 atom stereocenters. The van der Waals surface area contributed by atoms with Gasteiger partial charge >= 0.3 is 0 Å². The molecule has 1 aromatic heterocycles. The maximum atomic E-state index is 12.4. The van der Waals surface area contributed by atoms with Crippen molar-refractivity contribution in [2.24, 2.45) is 0 Å². The van der Waals surface area contributed by atoms with E-state index in [2.05, 4.69) is 5.10 Å². The van der Waals surface area contributed by atoms with Gasteiger partial charge in [0.05, 0.1) is 23.2 Å². The summed E-state index contributed by atoms with van der Waals surface area (Å²) in [5.41, 5.74) is 2.54. The Balaban J connectivity index is 2.01. The third-order valence-electron chi connectivity index (χ3n) is 3.78. The molecular formula is C19H24Cl2N2O2S. The molecule has 1 aromatic carbocycles. The Hall–Kier alpha value is -1.17. The fourth-order valence-electron chi connectivity index (χ4n) is 2.64. The molecule has 0 saturated carbocycles. The van der Waals surface area contributed by atoms with Crippen molar-refractivity contribution in [3.8, 4) is 5.75 Å². The molecule has 0 fully saturated rings. The highest BCUT2D eigenvalue weighted by molar-refractivity contribution is 7.99. The third-order valence-corrected chi connectivity index (χ3v) is 5.56. The number of alkyl halides is 1. The predicted octanol–water partition coefficient (Wildman–Crippen LogP) is 5.18. The molecule has 0 saturated heterocycles. The van der Waals surface area contributed by atoms with Crippen molar-refractivity contribution in [3.63, 3.8) is 0 Å². The number of aryl methyl sites for hydroxylation is 2. The van der Waals surface area contributed by atoms with E-state index in [1.54, 1.807) is 6.20 Å². The van der Waals surface area contributed by atoms with Crippen molar-refractivity contribution in [3.05, 3.63) is 50.4 Å². The van der Waals surface area contributed by atoms with Gasteiger partial charge in [0.25, 0.3) is 5.56 Å². The van der Waals surface area contributed by atoms with Crippen molar-refractivity contribution in [1.82, 2.24) is 9.78 Å². The van der Waals surface area contributed by atoms with Gasteiger partial charge in [0, 0.05) is 11.6 Å². The van der Waals surface area contributed by atoms with Crippen molar-refractivity contribution >= 4 is 35.0 Å². The summed E-state index contributed by atoms with van der Waals surface area (Å²) in [6.07, 6.45) is 1.64. The van der Waals surface area contributed by atoms with Crippen LogP contribution in [-0.2, 0) is 11.4 Å². The van der Waals surface area contributed by atoms with Crippen LogP contribution in [0.3, 0.4) is 0 Å². The molecule has 0 aliphatic rings. The second-order valence-corrected chi connectivity index (χ2v) is 8.88. The van der Waals surface area contributed by atoms with Crippen molar-refractivity contribution in [1.29, 1.82) is 0 Å². The quantitative estimate of drug-likeness (QED) is 0.371. The maximum absolute atomic E-state index is 12.4. The number of aromatic nitrogens is 2.